The summed E-state index contributed by atoms with van der Waals surface area (Å²) in [5.41, 5.74) is 3.25. The van der Waals surface area contributed by atoms with Gasteiger partial charge in [-0.1, -0.05) is 13.0 Å². The number of carbonyl (C=O) groups excluding carboxylic acids is 1. The summed E-state index contributed by atoms with van der Waals surface area (Å²) in [6.07, 6.45) is 2.52. The minimum Gasteiger partial charge on any atom is -0.484 e. The Morgan fingerprint density at radius 2 is 1.89 bits per heavy atom. The first-order chi connectivity index (χ1) is 12.9. The van der Waals surface area contributed by atoms with Crippen LogP contribution in [0.4, 0.5) is 5.13 Å². The van der Waals surface area contributed by atoms with Crippen LogP contribution in [0.15, 0.2) is 18.2 Å². The number of rotatable bonds is 6. The van der Waals surface area contributed by atoms with Gasteiger partial charge in [-0.25, -0.2) is 4.98 Å². The highest BCUT2D eigenvalue weighted by Gasteiger charge is 2.18. The van der Waals surface area contributed by atoms with Crippen LogP contribution in [0.2, 0.25) is 0 Å². The van der Waals surface area contributed by atoms with E-state index in [1.54, 1.807) is 11.3 Å². The largest absolute Gasteiger partial charge is 0.484 e. The van der Waals surface area contributed by atoms with Gasteiger partial charge >= 0.3 is 0 Å². The maximum Gasteiger partial charge on any atom is 0.264 e. The van der Waals surface area contributed by atoms with Crippen molar-refractivity contribution in [3.8, 4) is 5.75 Å². The van der Waals surface area contributed by atoms with Gasteiger partial charge in [-0.2, -0.15) is 0 Å². The van der Waals surface area contributed by atoms with Gasteiger partial charge in [0.25, 0.3) is 5.91 Å². The molecule has 0 aliphatic carbocycles. The lowest BCUT2D eigenvalue weighted by atomic mass is 9.99. The second-order valence-electron chi connectivity index (χ2n) is 7.65. The zero-order valence-corrected chi connectivity index (χ0v) is 17.5. The van der Waals surface area contributed by atoms with E-state index in [1.807, 2.05) is 32.9 Å². The predicted octanol–water partition coefficient (Wildman–Crippen LogP) is 4.32. The van der Waals surface area contributed by atoms with Gasteiger partial charge in [-0.15, -0.1) is 11.3 Å². The molecule has 0 radical (unpaired) electrons. The van der Waals surface area contributed by atoms with Crippen LogP contribution in [0.25, 0.3) is 0 Å². The minimum atomic E-state index is -0.179. The highest BCUT2D eigenvalue weighted by Crippen LogP contribution is 2.26. The van der Waals surface area contributed by atoms with E-state index in [1.165, 1.54) is 17.7 Å². The molecule has 1 N–H and O–H groups in total. The Labute approximate surface area is 165 Å². The third kappa shape index (κ3) is 5.78. The molecule has 27 heavy (non-hydrogen) atoms. The van der Waals surface area contributed by atoms with Crippen LogP contribution in [-0.4, -0.2) is 35.5 Å². The molecule has 0 atom stereocenters. The summed E-state index contributed by atoms with van der Waals surface area (Å²) in [4.78, 5) is 20.5. The molecule has 146 valence electrons. The monoisotopic (exact) mass is 387 g/mol. The fraction of sp³-hybridized carbons (Fsp3) is 0.524. The molecule has 0 spiro atoms. The summed E-state index contributed by atoms with van der Waals surface area (Å²) < 4.78 is 5.63. The Kier molecular flexibility index (Phi) is 6.50. The summed E-state index contributed by atoms with van der Waals surface area (Å²) in [7, 11) is 0. The lowest BCUT2D eigenvalue weighted by molar-refractivity contribution is -0.118. The molecule has 2 heterocycles. The maximum absolute atomic E-state index is 12.2. The molecular weight excluding hydrogens is 358 g/mol. The van der Waals surface area contributed by atoms with Crippen LogP contribution < -0.4 is 10.1 Å². The third-order valence-corrected chi connectivity index (χ3v) is 6.01. The highest BCUT2D eigenvalue weighted by atomic mass is 32.1. The number of nitrogens with zero attached hydrogens (tertiary/aromatic N) is 2. The van der Waals surface area contributed by atoms with Gasteiger partial charge in [0.1, 0.15) is 5.75 Å². The Hall–Kier alpha value is -1.92. The Morgan fingerprint density at radius 3 is 2.56 bits per heavy atom. The van der Waals surface area contributed by atoms with Crippen molar-refractivity contribution in [3.05, 3.63) is 39.9 Å². The number of nitrogens with one attached hydrogen (secondary N) is 1. The van der Waals surface area contributed by atoms with Crippen LogP contribution in [0, 0.1) is 26.7 Å². The number of likely N-dealkylation sites (tertiary alicyclic amines) is 1. The fourth-order valence-corrected chi connectivity index (χ4v) is 4.39. The minimum absolute atomic E-state index is 0.0130. The van der Waals surface area contributed by atoms with Crippen LogP contribution in [0.3, 0.4) is 0 Å². The van der Waals surface area contributed by atoms with Crippen molar-refractivity contribution in [2.24, 2.45) is 5.92 Å². The number of aryl methyl sites for hydroxylation is 3. The van der Waals surface area contributed by atoms with Crippen molar-refractivity contribution in [2.45, 2.75) is 47.1 Å². The summed E-state index contributed by atoms with van der Waals surface area (Å²) in [6.45, 7) is 11.6. The van der Waals surface area contributed by atoms with Crippen molar-refractivity contribution in [1.29, 1.82) is 0 Å². The Balaban J connectivity index is 1.52. The van der Waals surface area contributed by atoms with Crippen molar-refractivity contribution in [2.75, 3.05) is 25.0 Å². The zero-order chi connectivity index (χ0) is 19.4. The molecular formula is C21H29N3O2S. The molecule has 1 aliphatic heterocycles. The van der Waals surface area contributed by atoms with Crippen LogP contribution >= 0.6 is 11.3 Å². The first-order valence-electron chi connectivity index (χ1n) is 9.58. The quantitative estimate of drug-likeness (QED) is 0.802. The molecule has 0 bridgehead atoms. The number of hydrogen-bond donors (Lipinski definition) is 1. The van der Waals surface area contributed by atoms with Crippen molar-refractivity contribution in [1.82, 2.24) is 9.88 Å². The van der Waals surface area contributed by atoms with Crippen molar-refractivity contribution >= 4 is 22.4 Å². The molecule has 1 amide bonds. The molecule has 1 aromatic carbocycles. The highest BCUT2D eigenvalue weighted by molar-refractivity contribution is 7.15. The fourth-order valence-electron chi connectivity index (χ4n) is 3.37. The third-order valence-electron chi connectivity index (χ3n) is 4.95. The predicted molar refractivity (Wildman–Crippen MR) is 111 cm³/mol. The number of aromatic nitrogens is 1. The lowest BCUT2D eigenvalue weighted by Crippen LogP contribution is -2.32. The van der Waals surface area contributed by atoms with Gasteiger partial charge in [0, 0.05) is 11.4 Å². The summed E-state index contributed by atoms with van der Waals surface area (Å²) in [6, 6.07) is 5.95. The van der Waals surface area contributed by atoms with Crippen molar-refractivity contribution in [3.63, 3.8) is 0 Å². The van der Waals surface area contributed by atoms with Gasteiger partial charge in [-0.3, -0.25) is 15.0 Å². The topological polar surface area (TPSA) is 54.5 Å². The van der Waals surface area contributed by atoms with Crippen LogP contribution in [0.1, 0.15) is 41.5 Å². The van der Waals surface area contributed by atoms with Crippen LogP contribution in [-0.2, 0) is 11.3 Å². The summed E-state index contributed by atoms with van der Waals surface area (Å²) >= 11 is 1.57. The van der Waals surface area contributed by atoms with Gasteiger partial charge in [0.15, 0.2) is 11.7 Å². The SMILES string of the molecule is Cc1cc(C)cc(OCC(=O)Nc2nc(C)c(CN3CCC(C)CC3)s2)c1. The van der Waals surface area contributed by atoms with E-state index in [9.17, 15) is 4.79 Å². The molecule has 2 aromatic rings. The smallest absolute Gasteiger partial charge is 0.264 e. The number of ether oxygens (including phenoxy) is 1. The molecule has 1 saturated heterocycles. The zero-order valence-electron chi connectivity index (χ0n) is 16.7. The first kappa shape index (κ1) is 19.8. The van der Waals surface area contributed by atoms with E-state index in [4.69, 9.17) is 4.74 Å². The number of benzene rings is 1. The number of hydrogen-bond acceptors (Lipinski definition) is 5. The van der Waals surface area contributed by atoms with E-state index in [0.29, 0.717) is 5.13 Å². The maximum atomic E-state index is 12.2. The molecule has 0 unspecified atom stereocenters. The lowest BCUT2D eigenvalue weighted by Gasteiger charge is -2.29. The molecule has 3 rings (SSSR count). The van der Waals surface area contributed by atoms with Gasteiger partial charge in [-0.05, 0) is 75.9 Å². The Morgan fingerprint density at radius 1 is 1.22 bits per heavy atom. The normalized spacial score (nSPS) is 15.7. The van der Waals surface area contributed by atoms with Crippen molar-refractivity contribution < 1.29 is 9.53 Å². The number of piperidine rings is 1. The number of carbonyl (C=O) groups is 1. The number of thiazole rings is 1. The van der Waals surface area contributed by atoms with E-state index < -0.39 is 0 Å². The molecule has 1 aliphatic rings. The van der Waals surface area contributed by atoms with E-state index in [-0.39, 0.29) is 12.5 Å². The molecule has 1 fully saturated rings. The van der Waals surface area contributed by atoms with E-state index in [0.717, 1.165) is 48.1 Å². The average molecular weight is 388 g/mol. The average Bonchev–Trinajstić information content (AvgIpc) is 2.93. The molecule has 1 aromatic heterocycles. The summed E-state index contributed by atoms with van der Waals surface area (Å²) in [5, 5.41) is 3.53. The van der Waals surface area contributed by atoms with Gasteiger partial charge < -0.3 is 4.74 Å². The van der Waals surface area contributed by atoms with Gasteiger partial charge in [0.2, 0.25) is 0 Å². The summed E-state index contributed by atoms with van der Waals surface area (Å²) in [5.74, 6) is 1.37. The second kappa shape index (κ2) is 8.85. The van der Waals surface area contributed by atoms with E-state index >= 15 is 0 Å². The first-order valence-corrected chi connectivity index (χ1v) is 10.4. The Bertz CT molecular complexity index is 774. The standard InChI is InChI=1S/C21H29N3O2S/c1-14-5-7-24(8-6-14)12-19-17(4)22-21(27-19)23-20(25)13-26-18-10-15(2)9-16(3)11-18/h9-11,14H,5-8,12-13H2,1-4H3,(H,22,23,25). The van der Waals surface area contributed by atoms with Crippen LogP contribution in [0.5, 0.6) is 5.75 Å². The molecule has 0 saturated carbocycles. The molecule has 6 heteroatoms. The number of amides is 1. The number of anilines is 1. The molecule has 5 nitrogen and oxygen atoms in total. The van der Waals surface area contributed by atoms with Gasteiger partial charge in [0.05, 0.1) is 5.69 Å². The van der Waals surface area contributed by atoms with E-state index in [2.05, 4.69) is 28.2 Å². The second-order valence-corrected chi connectivity index (χ2v) is 8.73.